The van der Waals surface area contributed by atoms with Crippen molar-refractivity contribution >= 4 is 0 Å². The second kappa shape index (κ2) is 4.29. The molecule has 2 aromatic rings. The Hall–Kier alpha value is -1.58. The molecule has 0 unspecified atom stereocenters. The highest BCUT2D eigenvalue weighted by atomic mass is 15.1. The molecule has 2 aromatic heterocycles. The Bertz CT molecular complexity index is 400. The van der Waals surface area contributed by atoms with Crippen LogP contribution >= 0.6 is 0 Å². The minimum absolute atomic E-state index is 0.475. The Kier molecular flexibility index (Phi) is 2.85. The highest BCUT2D eigenvalue weighted by molar-refractivity contribution is 4.97. The maximum atomic E-state index is 4.35. The molecule has 0 saturated heterocycles. The maximum absolute atomic E-state index is 4.35. The Morgan fingerprint density at radius 1 is 1.20 bits per heavy atom. The molecule has 2 rings (SSSR count). The first-order valence-electron chi connectivity index (χ1n) is 5.24. The first-order chi connectivity index (χ1) is 7.27. The summed E-state index contributed by atoms with van der Waals surface area (Å²) in [5, 5.41) is 0. The standard InChI is InChI=1S/C11H16N4/c1-10(2)11-13-4-6-15(11)8-7-14-5-3-12-9-14/h3-6,9-10H,7-8H2,1-2H3. The molecule has 2 heterocycles. The molecule has 15 heavy (non-hydrogen) atoms. The van der Waals surface area contributed by atoms with E-state index >= 15 is 0 Å². The fourth-order valence-electron chi connectivity index (χ4n) is 1.65. The van der Waals surface area contributed by atoms with Gasteiger partial charge in [-0.2, -0.15) is 0 Å². The SMILES string of the molecule is CC(C)c1nccn1CCn1ccnc1. The Morgan fingerprint density at radius 3 is 2.73 bits per heavy atom. The number of nitrogens with zero attached hydrogens (tertiary/aromatic N) is 4. The predicted molar refractivity (Wildman–Crippen MR) is 58.5 cm³/mol. The van der Waals surface area contributed by atoms with Crippen LogP contribution in [0.4, 0.5) is 0 Å². The molecule has 0 aliphatic heterocycles. The van der Waals surface area contributed by atoms with E-state index in [1.165, 1.54) is 0 Å². The molecule has 4 nitrogen and oxygen atoms in total. The van der Waals surface area contributed by atoms with E-state index in [4.69, 9.17) is 0 Å². The van der Waals surface area contributed by atoms with Crippen molar-refractivity contribution in [2.24, 2.45) is 0 Å². The number of rotatable bonds is 4. The van der Waals surface area contributed by atoms with Crippen LogP contribution in [0.15, 0.2) is 31.1 Å². The monoisotopic (exact) mass is 204 g/mol. The minimum atomic E-state index is 0.475. The summed E-state index contributed by atoms with van der Waals surface area (Å²) >= 11 is 0. The molecule has 0 saturated carbocycles. The van der Waals surface area contributed by atoms with Crippen LogP contribution in [-0.2, 0) is 13.1 Å². The summed E-state index contributed by atoms with van der Waals surface area (Å²) in [6, 6.07) is 0. The van der Waals surface area contributed by atoms with Gasteiger partial charge in [0.05, 0.1) is 6.33 Å². The Labute approximate surface area is 89.6 Å². The van der Waals surface area contributed by atoms with E-state index in [1.54, 1.807) is 6.20 Å². The van der Waals surface area contributed by atoms with Gasteiger partial charge in [-0.25, -0.2) is 9.97 Å². The maximum Gasteiger partial charge on any atom is 0.111 e. The summed E-state index contributed by atoms with van der Waals surface area (Å²) in [6.45, 7) is 6.21. The number of hydrogen-bond acceptors (Lipinski definition) is 2. The van der Waals surface area contributed by atoms with Gasteiger partial charge in [0.15, 0.2) is 0 Å². The van der Waals surface area contributed by atoms with Crippen molar-refractivity contribution in [3.05, 3.63) is 36.9 Å². The van der Waals surface area contributed by atoms with Crippen molar-refractivity contribution in [1.29, 1.82) is 0 Å². The lowest BCUT2D eigenvalue weighted by atomic mass is 10.2. The van der Waals surface area contributed by atoms with Gasteiger partial charge in [-0.1, -0.05) is 13.8 Å². The number of hydrogen-bond donors (Lipinski definition) is 0. The fraction of sp³-hybridized carbons (Fsp3) is 0.455. The topological polar surface area (TPSA) is 35.6 Å². The Balaban J connectivity index is 2.02. The van der Waals surface area contributed by atoms with Crippen molar-refractivity contribution in [3.8, 4) is 0 Å². The second-order valence-corrected chi connectivity index (χ2v) is 3.93. The number of aromatic nitrogens is 4. The van der Waals surface area contributed by atoms with Crippen LogP contribution in [0, 0.1) is 0 Å². The quantitative estimate of drug-likeness (QED) is 0.762. The molecular weight excluding hydrogens is 188 g/mol. The summed E-state index contributed by atoms with van der Waals surface area (Å²) in [7, 11) is 0. The van der Waals surface area contributed by atoms with Crippen LogP contribution in [0.1, 0.15) is 25.6 Å². The van der Waals surface area contributed by atoms with Gasteiger partial charge < -0.3 is 9.13 Å². The summed E-state index contributed by atoms with van der Waals surface area (Å²) in [5.41, 5.74) is 0. The highest BCUT2D eigenvalue weighted by Crippen LogP contribution is 2.11. The smallest absolute Gasteiger partial charge is 0.111 e. The summed E-state index contributed by atoms with van der Waals surface area (Å²) in [6.07, 6.45) is 9.52. The third-order valence-corrected chi connectivity index (χ3v) is 2.42. The lowest BCUT2D eigenvalue weighted by Gasteiger charge is -2.10. The van der Waals surface area contributed by atoms with Gasteiger partial charge in [-0.3, -0.25) is 0 Å². The first kappa shape index (κ1) is 9.96. The normalized spacial score (nSPS) is 11.1. The molecular formula is C11H16N4. The molecule has 0 fully saturated rings. The molecule has 0 aliphatic rings. The molecule has 80 valence electrons. The molecule has 0 N–H and O–H groups in total. The van der Waals surface area contributed by atoms with E-state index in [1.807, 2.05) is 24.9 Å². The van der Waals surface area contributed by atoms with E-state index in [0.717, 1.165) is 18.9 Å². The molecule has 0 amide bonds. The Morgan fingerprint density at radius 2 is 2.07 bits per heavy atom. The number of aryl methyl sites for hydroxylation is 2. The van der Waals surface area contributed by atoms with Gasteiger partial charge in [0.2, 0.25) is 0 Å². The van der Waals surface area contributed by atoms with Crippen molar-refractivity contribution in [3.63, 3.8) is 0 Å². The van der Waals surface area contributed by atoms with Crippen molar-refractivity contribution < 1.29 is 0 Å². The summed E-state index contributed by atoms with van der Waals surface area (Å²) in [4.78, 5) is 8.37. The average Bonchev–Trinajstić information content (AvgIpc) is 2.86. The molecule has 4 heteroatoms. The van der Waals surface area contributed by atoms with Crippen LogP contribution in [0.25, 0.3) is 0 Å². The zero-order chi connectivity index (χ0) is 10.7. The van der Waals surface area contributed by atoms with Crippen LogP contribution in [0.3, 0.4) is 0 Å². The average molecular weight is 204 g/mol. The molecule has 0 aromatic carbocycles. The van der Waals surface area contributed by atoms with E-state index < -0.39 is 0 Å². The third kappa shape index (κ3) is 2.26. The van der Waals surface area contributed by atoms with Crippen LogP contribution < -0.4 is 0 Å². The van der Waals surface area contributed by atoms with Crippen LogP contribution in [0.2, 0.25) is 0 Å². The van der Waals surface area contributed by atoms with Crippen LogP contribution in [0.5, 0.6) is 0 Å². The molecule has 0 aliphatic carbocycles. The van der Waals surface area contributed by atoms with E-state index in [2.05, 4.69) is 32.9 Å². The van der Waals surface area contributed by atoms with E-state index in [-0.39, 0.29) is 0 Å². The van der Waals surface area contributed by atoms with Gasteiger partial charge in [-0.15, -0.1) is 0 Å². The van der Waals surface area contributed by atoms with Crippen molar-refractivity contribution in [2.45, 2.75) is 32.9 Å². The van der Waals surface area contributed by atoms with Gasteiger partial charge in [0.25, 0.3) is 0 Å². The van der Waals surface area contributed by atoms with Gasteiger partial charge >= 0.3 is 0 Å². The van der Waals surface area contributed by atoms with E-state index in [0.29, 0.717) is 5.92 Å². The molecule has 0 bridgehead atoms. The highest BCUT2D eigenvalue weighted by Gasteiger charge is 2.06. The summed E-state index contributed by atoms with van der Waals surface area (Å²) in [5.74, 6) is 1.62. The second-order valence-electron chi connectivity index (χ2n) is 3.93. The van der Waals surface area contributed by atoms with E-state index in [9.17, 15) is 0 Å². The fourth-order valence-corrected chi connectivity index (χ4v) is 1.65. The van der Waals surface area contributed by atoms with Gasteiger partial charge in [0.1, 0.15) is 5.82 Å². The lowest BCUT2D eigenvalue weighted by Crippen LogP contribution is -2.09. The largest absolute Gasteiger partial charge is 0.336 e. The zero-order valence-corrected chi connectivity index (χ0v) is 9.17. The van der Waals surface area contributed by atoms with Crippen molar-refractivity contribution in [1.82, 2.24) is 19.1 Å². The molecule has 0 atom stereocenters. The first-order valence-corrected chi connectivity index (χ1v) is 5.24. The summed E-state index contributed by atoms with van der Waals surface area (Å²) < 4.78 is 4.27. The van der Waals surface area contributed by atoms with Gasteiger partial charge in [0, 0.05) is 43.8 Å². The zero-order valence-electron chi connectivity index (χ0n) is 9.17. The number of imidazole rings is 2. The van der Waals surface area contributed by atoms with Crippen molar-refractivity contribution in [2.75, 3.05) is 0 Å². The van der Waals surface area contributed by atoms with Crippen LogP contribution in [-0.4, -0.2) is 19.1 Å². The molecule has 0 radical (unpaired) electrons. The minimum Gasteiger partial charge on any atom is -0.336 e. The van der Waals surface area contributed by atoms with Gasteiger partial charge in [-0.05, 0) is 0 Å². The lowest BCUT2D eigenvalue weighted by molar-refractivity contribution is 0.546. The predicted octanol–water partition coefficient (Wildman–Crippen LogP) is 1.90. The third-order valence-electron chi connectivity index (χ3n) is 2.42. The molecule has 0 spiro atoms.